The topological polar surface area (TPSA) is 102 Å². The van der Waals surface area contributed by atoms with Gasteiger partial charge in [-0.3, -0.25) is 4.57 Å². The van der Waals surface area contributed by atoms with Gasteiger partial charge in [0.25, 0.3) is 10.0 Å². The van der Waals surface area contributed by atoms with E-state index < -0.39 is 10.0 Å². The summed E-state index contributed by atoms with van der Waals surface area (Å²) < 4.78 is 30.3. The number of aryl methyl sites for hydroxylation is 2. The second-order valence-electron chi connectivity index (χ2n) is 6.37. The van der Waals surface area contributed by atoms with E-state index >= 15 is 0 Å². The molecule has 1 aliphatic rings. The van der Waals surface area contributed by atoms with Crippen molar-refractivity contribution < 1.29 is 8.42 Å². The Morgan fingerprint density at radius 1 is 1.04 bits per heavy atom. The van der Waals surface area contributed by atoms with E-state index in [2.05, 4.69) is 24.8 Å². The van der Waals surface area contributed by atoms with Gasteiger partial charge in [-0.15, -0.1) is 0 Å². The fraction of sp³-hybridized carbons (Fsp3) is 0.375. The van der Waals surface area contributed by atoms with E-state index in [0.29, 0.717) is 32.0 Å². The van der Waals surface area contributed by atoms with Crippen LogP contribution in [0, 0.1) is 6.92 Å². The Balaban J connectivity index is 1.51. The number of hydrogen-bond acceptors (Lipinski definition) is 7. The van der Waals surface area contributed by atoms with Gasteiger partial charge in [0.15, 0.2) is 5.03 Å². The highest BCUT2D eigenvalue weighted by molar-refractivity contribution is 7.89. The molecule has 1 fully saturated rings. The van der Waals surface area contributed by atoms with Crippen LogP contribution in [0.2, 0.25) is 0 Å². The molecule has 0 aliphatic carbocycles. The molecule has 3 aromatic heterocycles. The van der Waals surface area contributed by atoms with Crippen molar-refractivity contribution in [3.05, 3.63) is 43.1 Å². The van der Waals surface area contributed by atoms with E-state index in [1.54, 1.807) is 24.1 Å². The molecule has 0 unspecified atom stereocenters. The fourth-order valence-electron chi connectivity index (χ4n) is 3.04. The number of piperazine rings is 1. The number of hydrogen-bond donors (Lipinski definition) is 0. The van der Waals surface area contributed by atoms with Crippen LogP contribution in [0.4, 0.5) is 5.82 Å². The van der Waals surface area contributed by atoms with Crippen LogP contribution in [0.25, 0.3) is 5.82 Å². The lowest BCUT2D eigenvalue weighted by Crippen LogP contribution is -2.49. The van der Waals surface area contributed by atoms with Gasteiger partial charge in [-0.05, 0) is 6.92 Å². The third kappa shape index (κ3) is 3.43. The first-order valence-electron chi connectivity index (χ1n) is 8.50. The minimum Gasteiger partial charge on any atom is -0.354 e. The van der Waals surface area contributed by atoms with Gasteiger partial charge in [0.1, 0.15) is 23.8 Å². The molecule has 4 rings (SSSR count). The maximum Gasteiger partial charge on any atom is 0.262 e. The van der Waals surface area contributed by atoms with Crippen molar-refractivity contribution in [3.63, 3.8) is 0 Å². The summed E-state index contributed by atoms with van der Waals surface area (Å²) in [6, 6.07) is 1.89. The Labute approximate surface area is 157 Å². The molecule has 11 heteroatoms. The predicted molar refractivity (Wildman–Crippen MR) is 98.1 cm³/mol. The summed E-state index contributed by atoms with van der Waals surface area (Å²) in [5.41, 5.74) is 0. The van der Waals surface area contributed by atoms with E-state index in [9.17, 15) is 8.42 Å². The number of rotatable bonds is 4. The Hall–Kier alpha value is -2.79. The zero-order valence-electron chi connectivity index (χ0n) is 15.1. The SMILES string of the molecule is Cc1nc(N2CCN(S(=O)(=O)c3cn(C)cn3)CC2)cc(-n2ccnc2)n1. The Morgan fingerprint density at radius 3 is 2.41 bits per heavy atom. The molecule has 0 amide bonds. The van der Waals surface area contributed by atoms with Gasteiger partial charge >= 0.3 is 0 Å². The van der Waals surface area contributed by atoms with E-state index in [4.69, 9.17) is 0 Å². The lowest BCUT2D eigenvalue weighted by Gasteiger charge is -2.34. The van der Waals surface area contributed by atoms with Crippen LogP contribution < -0.4 is 4.90 Å². The molecule has 0 atom stereocenters. The van der Waals surface area contributed by atoms with Crippen molar-refractivity contribution in [2.24, 2.45) is 7.05 Å². The normalized spacial score (nSPS) is 16.0. The standard InChI is InChI=1S/C16H20N8O2S/c1-13-19-14(9-15(20-13)23-4-3-17-11-23)22-5-7-24(8-6-22)27(25,26)16-10-21(2)12-18-16/h3-4,9-12H,5-8H2,1-2H3. The largest absolute Gasteiger partial charge is 0.354 e. The summed E-state index contributed by atoms with van der Waals surface area (Å²) in [4.78, 5) is 19.0. The van der Waals surface area contributed by atoms with Crippen molar-refractivity contribution in [3.8, 4) is 5.82 Å². The second-order valence-corrected chi connectivity index (χ2v) is 8.25. The highest BCUT2D eigenvalue weighted by Gasteiger charge is 2.30. The molecule has 1 saturated heterocycles. The van der Waals surface area contributed by atoms with Crippen LogP contribution in [-0.4, -0.2) is 68.0 Å². The first-order chi connectivity index (χ1) is 12.9. The van der Waals surface area contributed by atoms with Crippen LogP contribution in [-0.2, 0) is 17.1 Å². The lowest BCUT2D eigenvalue weighted by atomic mass is 10.3. The van der Waals surface area contributed by atoms with Gasteiger partial charge in [0.2, 0.25) is 0 Å². The molecule has 0 N–H and O–H groups in total. The smallest absolute Gasteiger partial charge is 0.262 e. The third-order valence-electron chi connectivity index (χ3n) is 4.43. The molecular formula is C16H20N8O2S. The molecule has 10 nitrogen and oxygen atoms in total. The van der Waals surface area contributed by atoms with E-state index in [0.717, 1.165) is 11.6 Å². The van der Waals surface area contributed by atoms with Crippen LogP contribution in [0.15, 0.2) is 42.3 Å². The van der Waals surface area contributed by atoms with Crippen LogP contribution >= 0.6 is 0 Å². The van der Waals surface area contributed by atoms with E-state index in [1.807, 2.05) is 23.8 Å². The third-order valence-corrected chi connectivity index (χ3v) is 6.21. The van der Waals surface area contributed by atoms with Gasteiger partial charge < -0.3 is 9.47 Å². The Morgan fingerprint density at radius 2 is 1.78 bits per heavy atom. The number of nitrogens with zero attached hydrogens (tertiary/aromatic N) is 8. The molecule has 0 aromatic carbocycles. The maximum atomic E-state index is 12.7. The molecule has 0 spiro atoms. The first kappa shape index (κ1) is 17.6. The van der Waals surface area contributed by atoms with E-state index in [-0.39, 0.29) is 5.03 Å². The molecular weight excluding hydrogens is 368 g/mol. The minimum absolute atomic E-state index is 0.0822. The van der Waals surface area contributed by atoms with Gasteiger partial charge in [0, 0.05) is 57.9 Å². The maximum absolute atomic E-state index is 12.7. The summed E-state index contributed by atoms with van der Waals surface area (Å²) in [6.45, 7) is 3.69. The highest BCUT2D eigenvalue weighted by Crippen LogP contribution is 2.20. The number of imidazole rings is 2. The summed E-state index contributed by atoms with van der Waals surface area (Å²) in [6.07, 6.45) is 8.21. The minimum atomic E-state index is -3.57. The number of anilines is 1. The molecule has 0 bridgehead atoms. The highest BCUT2D eigenvalue weighted by atomic mass is 32.2. The van der Waals surface area contributed by atoms with Crippen molar-refractivity contribution in [2.75, 3.05) is 31.1 Å². The first-order valence-corrected chi connectivity index (χ1v) is 9.94. The molecule has 4 heterocycles. The monoisotopic (exact) mass is 388 g/mol. The van der Waals surface area contributed by atoms with Gasteiger partial charge in [-0.1, -0.05) is 0 Å². The number of sulfonamides is 1. The summed E-state index contributed by atoms with van der Waals surface area (Å²) >= 11 is 0. The van der Waals surface area contributed by atoms with E-state index in [1.165, 1.54) is 16.8 Å². The van der Waals surface area contributed by atoms with Crippen LogP contribution in [0.1, 0.15) is 5.82 Å². The second kappa shape index (κ2) is 6.74. The molecule has 1 aliphatic heterocycles. The van der Waals surface area contributed by atoms with Crippen LogP contribution in [0.5, 0.6) is 0 Å². The van der Waals surface area contributed by atoms with Crippen molar-refractivity contribution >= 4 is 15.8 Å². The van der Waals surface area contributed by atoms with Crippen molar-refractivity contribution in [2.45, 2.75) is 11.9 Å². The van der Waals surface area contributed by atoms with Crippen molar-refractivity contribution in [1.29, 1.82) is 0 Å². The fourth-order valence-corrected chi connectivity index (χ4v) is 4.43. The Kier molecular flexibility index (Phi) is 4.40. The summed E-state index contributed by atoms with van der Waals surface area (Å²) in [7, 11) is -1.82. The average molecular weight is 388 g/mol. The van der Waals surface area contributed by atoms with Crippen molar-refractivity contribution in [1.82, 2.24) is 33.4 Å². The summed E-state index contributed by atoms with van der Waals surface area (Å²) in [5.74, 6) is 2.17. The van der Waals surface area contributed by atoms with Crippen LogP contribution in [0.3, 0.4) is 0 Å². The molecule has 27 heavy (non-hydrogen) atoms. The predicted octanol–water partition coefficient (Wildman–Crippen LogP) is 0.215. The Bertz CT molecular complexity index is 1040. The van der Waals surface area contributed by atoms with Gasteiger partial charge in [0.05, 0.1) is 6.33 Å². The molecule has 142 valence electrons. The molecule has 0 saturated carbocycles. The molecule has 3 aromatic rings. The lowest BCUT2D eigenvalue weighted by molar-refractivity contribution is 0.382. The molecule has 0 radical (unpaired) electrons. The average Bonchev–Trinajstić information content (AvgIpc) is 3.33. The van der Waals surface area contributed by atoms with Gasteiger partial charge in [-0.2, -0.15) is 4.31 Å². The number of aromatic nitrogens is 6. The zero-order valence-corrected chi connectivity index (χ0v) is 15.9. The zero-order chi connectivity index (χ0) is 19.0. The quantitative estimate of drug-likeness (QED) is 0.630. The summed E-state index contributed by atoms with van der Waals surface area (Å²) in [5, 5.41) is 0.0822. The van der Waals surface area contributed by atoms with Gasteiger partial charge in [-0.25, -0.2) is 28.4 Å².